The van der Waals surface area contributed by atoms with Crippen LogP contribution in [0.1, 0.15) is 18.9 Å². The fourth-order valence-electron chi connectivity index (χ4n) is 1.79. The van der Waals surface area contributed by atoms with E-state index in [1.165, 1.54) is 5.56 Å². The van der Waals surface area contributed by atoms with Gasteiger partial charge in [-0.25, -0.2) is 0 Å². The third-order valence-electron chi connectivity index (χ3n) is 2.84. The van der Waals surface area contributed by atoms with Gasteiger partial charge in [0.1, 0.15) is 0 Å². The van der Waals surface area contributed by atoms with Crippen molar-refractivity contribution in [2.24, 2.45) is 5.92 Å². The number of carbonyl (C=O) groups is 1. The van der Waals surface area contributed by atoms with Crippen molar-refractivity contribution in [2.45, 2.75) is 25.9 Å². The Morgan fingerprint density at radius 1 is 1.43 bits per heavy atom. The van der Waals surface area contributed by atoms with E-state index in [-0.39, 0.29) is 0 Å². The Hall–Kier alpha value is -1.31. The van der Waals surface area contributed by atoms with Crippen LogP contribution >= 0.6 is 0 Å². The number of nitrogens with zero attached hydrogens (tertiary/aromatic N) is 1. The van der Waals surface area contributed by atoms with Gasteiger partial charge in [0, 0.05) is 12.6 Å². The number of hydrogen-bond donors (Lipinski definition) is 0. The van der Waals surface area contributed by atoms with Crippen molar-refractivity contribution in [1.29, 1.82) is 0 Å². The summed E-state index contributed by atoms with van der Waals surface area (Å²) in [6, 6.07) is 10.6. The summed E-state index contributed by atoms with van der Waals surface area (Å²) in [6.45, 7) is 2.94. The van der Waals surface area contributed by atoms with Crippen LogP contribution in [0.3, 0.4) is 0 Å². The predicted octanol–water partition coefficient (Wildman–Crippen LogP) is 2.05. The molecule has 0 bridgehead atoms. The second kappa shape index (κ2) is 3.82. The first-order chi connectivity index (χ1) is 6.81. The van der Waals surface area contributed by atoms with Crippen LogP contribution in [-0.4, -0.2) is 17.4 Å². The average Bonchev–Trinajstić information content (AvgIpc) is 2.93. The molecule has 0 spiro atoms. The fraction of sp³-hybridized carbons (Fsp3) is 0.417. The lowest BCUT2D eigenvalue weighted by atomic mass is 10.2. The van der Waals surface area contributed by atoms with E-state index in [0.29, 0.717) is 12.0 Å². The number of amides is 1. The highest BCUT2D eigenvalue weighted by molar-refractivity contribution is 5.49. The largest absolute Gasteiger partial charge is 0.338 e. The molecular formula is C12H15NO. The maximum Gasteiger partial charge on any atom is 0.210 e. The van der Waals surface area contributed by atoms with Gasteiger partial charge in [0.05, 0.1) is 0 Å². The van der Waals surface area contributed by atoms with E-state index in [0.717, 1.165) is 19.4 Å². The van der Waals surface area contributed by atoms with Gasteiger partial charge in [-0.3, -0.25) is 4.79 Å². The van der Waals surface area contributed by atoms with Crippen molar-refractivity contribution >= 4 is 6.41 Å². The summed E-state index contributed by atoms with van der Waals surface area (Å²) in [4.78, 5) is 12.8. The van der Waals surface area contributed by atoms with Crippen LogP contribution in [0.4, 0.5) is 0 Å². The molecular weight excluding hydrogens is 174 g/mol. The van der Waals surface area contributed by atoms with Gasteiger partial charge in [0.15, 0.2) is 0 Å². The van der Waals surface area contributed by atoms with Crippen molar-refractivity contribution in [2.75, 3.05) is 0 Å². The van der Waals surface area contributed by atoms with Gasteiger partial charge in [-0.05, 0) is 17.9 Å². The molecule has 0 radical (unpaired) electrons. The van der Waals surface area contributed by atoms with E-state index in [9.17, 15) is 4.79 Å². The fourth-order valence-corrected chi connectivity index (χ4v) is 1.79. The molecule has 74 valence electrons. The first-order valence-electron chi connectivity index (χ1n) is 5.06. The van der Waals surface area contributed by atoms with Crippen LogP contribution in [0.5, 0.6) is 0 Å². The Morgan fingerprint density at radius 3 is 2.57 bits per heavy atom. The number of benzene rings is 1. The molecule has 0 aliphatic heterocycles. The number of carbonyl (C=O) groups excluding carboxylic acids is 1. The Labute approximate surface area is 84.5 Å². The van der Waals surface area contributed by atoms with Crippen LogP contribution < -0.4 is 0 Å². The molecule has 2 heteroatoms. The molecule has 0 saturated heterocycles. The minimum Gasteiger partial charge on any atom is -0.338 e. The van der Waals surface area contributed by atoms with Gasteiger partial charge in [0.25, 0.3) is 0 Å². The summed E-state index contributed by atoms with van der Waals surface area (Å²) in [5.41, 5.74) is 1.21. The van der Waals surface area contributed by atoms with E-state index in [1.54, 1.807) is 0 Å². The minimum absolute atomic E-state index is 0.479. The maximum absolute atomic E-state index is 10.9. The molecule has 0 N–H and O–H groups in total. The molecule has 0 aromatic heterocycles. The van der Waals surface area contributed by atoms with Crippen molar-refractivity contribution in [1.82, 2.24) is 4.90 Å². The molecule has 1 aliphatic carbocycles. The molecule has 1 aromatic carbocycles. The van der Waals surface area contributed by atoms with Gasteiger partial charge in [-0.15, -0.1) is 0 Å². The standard InChI is InChI=1S/C12H15NO/c1-10-7-12(10)13(9-14)8-11-5-3-2-4-6-11/h2-6,9-10,12H,7-8H2,1H3/t10-,12-/m1/s1. The maximum atomic E-state index is 10.9. The van der Waals surface area contributed by atoms with Gasteiger partial charge in [0.2, 0.25) is 6.41 Å². The molecule has 0 unspecified atom stereocenters. The summed E-state index contributed by atoms with van der Waals surface area (Å²) in [6.07, 6.45) is 2.13. The third kappa shape index (κ3) is 1.95. The Kier molecular flexibility index (Phi) is 2.53. The second-order valence-electron chi connectivity index (χ2n) is 4.04. The molecule has 1 amide bonds. The van der Waals surface area contributed by atoms with Gasteiger partial charge < -0.3 is 4.90 Å². The zero-order valence-corrected chi connectivity index (χ0v) is 8.39. The van der Waals surface area contributed by atoms with Crippen LogP contribution in [0.15, 0.2) is 30.3 Å². The van der Waals surface area contributed by atoms with Crippen LogP contribution in [0.2, 0.25) is 0 Å². The predicted molar refractivity (Wildman–Crippen MR) is 55.6 cm³/mol. The molecule has 2 nitrogen and oxygen atoms in total. The van der Waals surface area contributed by atoms with E-state index in [2.05, 4.69) is 19.1 Å². The van der Waals surface area contributed by atoms with Crippen molar-refractivity contribution in [3.05, 3.63) is 35.9 Å². The summed E-state index contributed by atoms with van der Waals surface area (Å²) in [5, 5.41) is 0. The summed E-state index contributed by atoms with van der Waals surface area (Å²) < 4.78 is 0. The molecule has 0 heterocycles. The lowest BCUT2D eigenvalue weighted by Gasteiger charge is -2.16. The van der Waals surface area contributed by atoms with E-state index >= 15 is 0 Å². The van der Waals surface area contributed by atoms with E-state index < -0.39 is 0 Å². The molecule has 2 rings (SSSR count). The first-order valence-corrected chi connectivity index (χ1v) is 5.06. The third-order valence-corrected chi connectivity index (χ3v) is 2.84. The first kappa shape index (κ1) is 9.25. The highest BCUT2D eigenvalue weighted by atomic mass is 16.1. The van der Waals surface area contributed by atoms with Gasteiger partial charge in [-0.1, -0.05) is 37.3 Å². The van der Waals surface area contributed by atoms with Crippen LogP contribution in [0, 0.1) is 5.92 Å². The highest BCUT2D eigenvalue weighted by Gasteiger charge is 2.37. The smallest absolute Gasteiger partial charge is 0.210 e. The summed E-state index contributed by atoms with van der Waals surface area (Å²) in [7, 11) is 0. The number of hydrogen-bond acceptors (Lipinski definition) is 1. The molecule has 2 atom stereocenters. The van der Waals surface area contributed by atoms with Gasteiger partial charge >= 0.3 is 0 Å². The molecule has 1 fully saturated rings. The Balaban J connectivity index is 1.98. The lowest BCUT2D eigenvalue weighted by molar-refractivity contribution is -0.119. The van der Waals surface area contributed by atoms with E-state index in [1.807, 2.05) is 23.1 Å². The minimum atomic E-state index is 0.479. The summed E-state index contributed by atoms with van der Waals surface area (Å²) >= 11 is 0. The Morgan fingerprint density at radius 2 is 2.07 bits per heavy atom. The monoisotopic (exact) mass is 189 g/mol. The topological polar surface area (TPSA) is 20.3 Å². The average molecular weight is 189 g/mol. The molecule has 1 saturated carbocycles. The van der Waals surface area contributed by atoms with Crippen molar-refractivity contribution in [3.63, 3.8) is 0 Å². The molecule has 14 heavy (non-hydrogen) atoms. The zero-order chi connectivity index (χ0) is 9.97. The Bertz CT molecular complexity index is 309. The van der Waals surface area contributed by atoms with Crippen molar-refractivity contribution in [3.8, 4) is 0 Å². The molecule has 1 aliphatic rings. The molecule has 1 aromatic rings. The second-order valence-corrected chi connectivity index (χ2v) is 4.04. The highest BCUT2D eigenvalue weighted by Crippen LogP contribution is 2.34. The summed E-state index contributed by atoms with van der Waals surface area (Å²) in [5.74, 6) is 0.684. The SMILES string of the molecule is C[C@@H]1C[C@H]1N(C=O)Cc1ccccc1. The zero-order valence-electron chi connectivity index (χ0n) is 8.39. The quantitative estimate of drug-likeness (QED) is 0.664. The van der Waals surface area contributed by atoms with Crippen LogP contribution in [-0.2, 0) is 11.3 Å². The normalized spacial score (nSPS) is 24.4. The number of rotatable bonds is 4. The van der Waals surface area contributed by atoms with Crippen molar-refractivity contribution < 1.29 is 4.79 Å². The van der Waals surface area contributed by atoms with Gasteiger partial charge in [-0.2, -0.15) is 0 Å². The lowest BCUT2D eigenvalue weighted by Crippen LogP contribution is -2.24. The van der Waals surface area contributed by atoms with E-state index in [4.69, 9.17) is 0 Å². The van der Waals surface area contributed by atoms with Crippen LogP contribution in [0.25, 0.3) is 0 Å².